The van der Waals surface area contributed by atoms with E-state index in [2.05, 4.69) is 67.5 Å². The lowest BCUT2D eigenvalue weighted by molar-refractivity contribution is 0.630. The Morgan fingerprint density at radius 2 is 1.83 bits per heavy atom. The molecule has 0 bridgehead atoms. The van der Waals surface area contributed by atoms with Crippen molar-refractivity contribution in [2.24, 2.45) is 0 Å². The Morgan fingerprint density at radius 1 is 1.17 bits per heavy atom. The molecule has 0 atom stereocenters. The Bertz CT molecular complexity index is 506. The van der Waals surface area contributed by atoms with Gasteiger partial charge in [0.25, 0.3) is 0 Å². The van der Waals surface area contributed by atoms with E-state index in [1.54, 1.807) is 0 Å². The van der Waals surface area contributed by atoms with Crippen LogP contribution in [0.2, 0.25) is 0 Å². The molecular weight excluding hydrogens is 222 g/mol. The quantitative estimate of drug-likeness (QED) is 0.859. The summed E-state index contributed by atoms with van der Waals surface area (Å²) in [7, 11) is 0. The van der Waals surface area contributed by atoms with Crippen LogP contribution in [-0.4, -0.2) is 15.7 Å². The zero-order valence-corrected chi connectivity index (χ0v) is 11.5. The number of rotatable bonds is 3. The molecule has 0 spiro atoms. The third-order valence-electron chi connectivity index (χ3n) is 2.75. The Labute approximate surface area is 109 Å². The minimum Gasteiger partial charge on any atom is -0.363 e. The molecule has 3 nitrogen and oxygen atoms in total. The number of hydrogen-bond acceptors (Lipinski definition) is 2. The van der Waals surface area contributed by atoms with Crippen molar-refractivity contribution in [1.82, 2.24) is 10.2 Å². The number of anilines is 1. The second-order valence-corrected chi connectivity index (χ2v) is 5.52. The highest BCUT2D eigenvalue weighted by atomic mass is 15.2. The predicted molar refractivity (Wildman–Crippen MR) is 76.8 cm³/mol. The number of nitrogens with one attached hydrogen (secondary N) is 2. The van der Waals surface area contributed by atoms with E-state index in [0.717, 1.165) is 12.2 Å². The summed E-state index contributed by atoms with van der Waals surface area (Å²) in [5.74, 6) is 0.936. The molecule has 0 saturated carbocycles. The third-order valence-corrected chi connectivity index (χ3v) is 2.75. The maximum atomic E-state index is 4.41. The first-order valence-electron chi connectivity index (χ1n) is 6.42. The molecule has 1 aromatic carbocycles. The van der Waals surface area contributed by atoms with Crippen molar-refractivity contribution in [2.45, 2.75) is 39.7 Å². The molecule has 0 aliphatic carbocycles. The Morgan fingerprint density at radius 3 is 2.39 bits per heavy atom. The van der Waals surface area contributed by atoms with Gasteiger partial charge in [-0.2, -0.15) is 5.10 Å². The fraction of sp³-hybridized carbons (Fsp3) is 0.400. The van der Waals surface area contributed by atoms with Crippen LogP contribution in [0, 0.1) is 0 Å². The van der Waals surface area contributed by atoms with Crippen molar-refractivity contribution in [3.63, 3.8) is 0 Å². The van der Waals surface area contributed by atoms with Crippen molar-refractivity contribution < 1.29 is 0 Å². The van der Waals surface area contributed by atoms with E-state index in [-0.39, 0.29) is 5.54 Å². The van der Waals surface area contributed by atoms with Gasteiger partial charge in [0.15, 0.2) is 5.82 Å². The van der Waals surface area contributed by atoms with Gasteiger partial charge in [0, 0.05) is 16.8 Å². The zero-order chi connectivity index (χ0) is 13.2. The lowest BCUT2D eigenvalue weighted by Crippen LogP contribution is -2.26. The van der Waals surface area contributed by atoms with Gasteiger partial charge < -0.3 is 5.32 Å². The van der Waals surface area contributed by atoms with Crippen LogP contribution >= 0.6 is 0 Å². The van der Waals surface area contributed by atoms with Gasteiger partial charge in [0.05, 0.1) is 0 Å². The molecule has 2 rings (SSSR count). The summed E-state index contributed by atoms with van der Waals surface area (Å²) in [4.78, 5) is 0. The average Bonchev–Trinajstić information content (AvgIpc) is 2.70. The van der Waals surface area contributed by atoms with Crippen LogP contribution < -0.4 is 5.32 Å². The SMILES string of the molecule is CCc1[nH]nc(NC(C)(C)C)c1-c1ccccc1. The van der Waals surface area contributed by atoms with E-state index in [0.29, 0.717) is 0 Å². The summed E-state index contributed by atoms with van der Waals surface area (Å²) in [6.45, 7) is 8.56. The van der Waals surface area contributed by atoms with Gasteiger partial charge in [-0.1, -0.05) is 37.3 Å². The highest BCUT2D eigenvalue weighted by Gasteiger charge is 2.18. The summed E-state index contributed by atoms with van der Waals surface area (Å²) in [5, 5.41) is 11.0. The molecule has 96 valence electrons. The number of aryl methyl sites for hydroxylation is 1. The number of aromatic nitrogens is 2. The third kappa shape index (κ3) is 2.73. The van der Waals surface area contributed by atoms with Crippen molar-refractivity contribution >= 4 is 5.82 Å². The molecule has 0 radical (unpaired) electrons. The maximum absolute atomic E-state index is 4.41. The van der Waals surface area contributed by atoms with Crippen LogP contribution in [0.5, 0.6) is 0 Å². The van der Waals surface area contributed by atoms with Gasteiger partial charge in [-0.25, -0.2) is 0 Å². The van der Waals surface area contributed by atoms with Crippen LogP contribution in [-0.2, 0) is 6.42 Å². The van der Waals surface area contributed by atoms with E-state index < -0.39 is 0 Å². The summed E-state index contributed by atoms with van der Waals surface area (Å²) in [6.07, 6.45) is 0.947. The standard InChI is InChI=1S/C15H21N3/c1-5-12-13(11-9-7-6-8-10-11)14(18-17-12)16-15(2,3)4/h6-10H,5H2,1-4H3,(H2,16,17,18). The molecule has 18 heavy (non-hydrogen) atoms. The number of hydrogen-bond donors (Lipinski definition) is 2. The predicted octanol–water partition coefficient (Wildman–Crippen LogP) is 3.85. The van der Waals surface area contributed by atoms with Gasteiger partial charge in [-0.3, -0.25) is 5.10 Å². The maximum Gasteiger partial charge on any atom is 0.156 e. The van der Waals surface area contributed by atoms with E-state index >= 15 is 0 Å². The number of benzene rings is 1. The molecule has 3 heteroatoms. The van der Waals surface area contributed by atoms with Crippen LogP contribution in [0.15, 0.2) is 30.3 Å². The second-order valence-electron chi connectivity index (χ2n) is 5.52. The highest BCUT2D eigenvalue weighted by Crippen LogP contribution is 2.31. The zero-order valence-electron chi connectivity index (χ0n) is 11.5. The van der Waals surface area contributed by atoms with Crippen LogP contribution in [0.1, 0.15) is 33.4 Å². The fourth-order valence-electron chi connectivity index (χ4n) is 2.00. The van der Waals surface area contributed by atoms with Gasteiger partial charge in [-0.15, -0.1) is 0 Å². The molecule has 1 aromatic heterocycles. The van der Waals surface area contributed by atoms with Gasteiger partial charge in [-0.05, 0) is 32.8 Å². The van der Waals surface area contributed by atoms with Crippen molar-refractivity contribution in [2.75, 3.05) is 5.32 Å². The van der Waals surface area contributed by atoms with Crippen LogP contribution in [0.25, 0.3) is 11.1 Å². The lowest BCUT2D eigenvalue weighted by Gasteiger charge is -2.21. The van der Waals surface area contributed by atoms with Gasteiger partial charge in [0.1, 0.15) is 0 Å². The van der Waals surface area contributed by atoms with Gasteiger partial charge >= 0.3 is 0 Å². The molecule has 0 amide bonds. The monoisotopic (exact) mass is 243 g/mol. The number of H-pyrrole nitrogens is 1. The lowest BCUT2D eigenvalue weighted by atomic mass is 10.0. The smallest absolute Gasteiger partial charge is 0.156 e. The Hall–Kier alpha value is -1.77. The first-order valence-corrected chi connectivity index (χ1v) is 6.42. The molecule has 0 aliphatic rings. The molecular formula is C15H21N3. The highest BCUT2D eigenvalue weighted by molar-refractivity contribution is 5.77. The molecule has 0 aliphatic heterocycles. The van der Waals surface area contributed by atoms with Crippen molar-refractivity contribution in [1.29, 1.82) is 0 Å². The topological polar surface area (TPSA) is 40.7 Å². The Balaban J connectivity index is 2.47. The largest absolute Gasteiger partial charge is 0.363 e. The second kappa shape index (κ2) is 4.84. The van der Waals surface area contributed by atoms with E-state index in [4.69, 9.17) is 0 Å². The van der Waals surface area contributed by atoms with E-state index in [9.17, 15) is 0 Å². The number of nitrogens with zero attached hydrogens (tertiary/aromatic N) is 1. The van der Waals surface area contributed by atoms with Crippen molar-refractivity contribution in [3.05, 3.63) is 36.0 Å². The molecule has 0 saturated heterocycles. The van der Waals surface area contributed by atoms with Gasteiger partial charge in [0.2, 0.25) is 0 Å². The summed E-state index contributed by atoms with van der Waals surface area (Å²) in [5.41, 5.74) is 3.57. The first kappa shape index (κ1) is 12.7. The molecule has 0 unspecified atom stereocenters. The molecule has 2 aromatic rings. The normalized spacial score (nSPS) is 11.6. The van der Waals surface area contributed by atoms with E-state index in [1.165, 1.54) is 16.8 Å². The van der Waals surface area contributed by atoms with Crippen LogP contribution in [0.3, 0.4) is 0 Å². The van der Waals surface area contributed by atoms with E-state index in [1.807, 2.05) is 6.07 Å². The molecule has 0 fully saturated rings. The molecule has 2 N–H and O–H groups in total. The fourth-order valence-corrected chi connectivity index (χ4v) is 2.00. The minimum atomic E-state index is 0.00371. The Kier molecular flexibility index (Phi) is 3.41. The number of aromatic amines is 1. The summed E-state index contributed by atoms with van der Waals surface area (Å²) >= 11 is 0. The summed E-state index contributed by atoms with van der Waals surface area (Å²) in [6, 6.07) is 10.4. The average molecular weight is 243 g/mol. The van der Waals surface area contributed by atoms with Crippen LogP contribution in [0.4, 0.5) is 5.82 Å². The molecule has 1 heterocycles. The minimum absolute atomic E-state index is 0.00371. The summed E-state index contributed by atoms with van der Waals surface area (Å²) < 4.78 is 0. The van der Waals surface area contributed by atoms with Crippen molar-refractivity contribution in [3.8, 4) is 11.1 Å². The first-order chi connectivity index (χ1) is 8.51.